The fourth-order valence-corrected chi connectivity index (χ4v) is 2.85. The molecule has 1 unspecified atom stereocenters. The highest BCUT2D eigenvalue weighted by atomic mass is 19.2. The second kappa shape index (κ2) is 5.33. The highest BCUT2D eigenvalue weighted by Gasteiger charge is 2.15. The molecule has 3 rings (SSSR count). The SMILES string of the molecule is NC(c1ccc(F)c(F)c1)c1ccc2c(c1)CCCC2. The number of benzene rings is 2. The summed E-state index contributed by atoms with van der Waals surface area (Å²) in [6.07, 6.45) is 4.64. The molecule has 0 radical (unpaired) electrons. The summed E-state index contributed by atoms with van der Waals surface area (Å²) in [6, 6.07) is 9.66. The van der Waals surface area contributed by atoms with Crippen LogP contribution >= 0.6 is 0 Å². The number of halogens is 2. The van der Waals surface area contributed by atoms with Crippen LogP contribution in [0.1, 0.15) is 41.1 Å². The van der Waals surface area contributed by atoms with E-state index in [-0.39, 0.29) is 0 Å². The Kier molecular flexibility index (Phi) is 3.53. The maximum Gasteiger partial charge on any atom is 0.159 e. The number of hydrogen-bond acceptors (Lipinski definition) is 1. The molecule has 3 heteroatoms. The van der Waals surface area contributed by atoms with Gasteiger partial charge in [0.05, 0.1) is 6.04 Å². The van der Waals surface area contributed by atoms with Crippen molar-refractivity contribution in [3.05, 3.63) is 70.3 Å². The predicted molar refractivity (Wildman–Crippen MR) is 75.5 cm³/mol. The number of rotatable bonds is 2. The van der Waals surface area contributed by atoms with Crippen LogP contribution in [0.4, 0.5) is 8.78 Å². The van der Waals surface area contributed by atoms with Crippen molar-refractivity contribution in [2.24, 2.45) is 5.73 Å². The van der Waals surface area contributed by atoms with E-state index < -0.39 is 17.7 Å². The van der Waals surface area contributed by atoms with Gasteiger partial charge in [0.2, 0.25) is 0 Å². The average molecular weight is 273 g/mol. The molecule has 1 aliphatic carbocycles. The Balaban J connectivity index is 1.93. The molecule has 0 aliphatic heterocycles. The summed E-state index contributed by atoms with van der Waals surface area (Å²) >= 11 is 0. The molecule has 2 aromatic rings. The van der Waals surface area contributed by atoms with Gasteiger partial charge in [0.15, 0.2) is 11.6 Å². The fourth-order valence-electron chi connectivity index (χ4n) is 2.85. The van der Waals surface area contributed by atoms with E-state index in [9.17, 15) is 8.78 Å². The molecule has 0 saturated carbocycles. The van der Waals surface area contributed by atoms with E-state index >= 15 is 0 Å². The quantitative estimate of drug-likeness (QED) is 0.882. The van der Waals surface area contributed by atoms with Gasteiger partial charge in [-0.3, -0.25) is 0 Å². The van der Waals surface area contributed by atoms with Gasteiger partial charge in [0.25, 0.3) is 0 Å². The molecule has 104 valence electrons. The third-order valence-corrected chi connectivity index (χ3v) is 4.03. The summed E-state index contributed by atoms with van der Waals surface area (Å²) in [5.41, 5.74) is 10.5. The van der Waals surface area contributed by atoms with E-state index in [1.54, 1.807) is 6.07 Å². The van der Waals surface area contributed by atoms with Crippen molar-refractivity contribution in [2.75, 3.05) is 0 Å². The number of aryl methyl sites for hydroxylation is 2. The number of nitrogens with two attached hydrogens (primary N) is 1. The largest absolute Gasteiger partial charge is 0.320 e. The number of hydrogen-bond donors (Lipinski definition) is 1. The summed E-state index contributed by atoms with van der Waals surface area (Å²) in [7, 11) is 0. The lowest BCUT2D eigenvalue weighted by Crippen LogP contribution is -2.14. The van der Waals surface area contributed by atoms with Crippen molar-refractivity contribution < 1.29 is 8.78 Å². The van der Waals surface area contributed by atoms with Crippen molar-refractivity contribution in [3.63, 3.8) is 0 Å². The summed E-state index contributed by atoms with van der Waals surface area (Å²) in [5.74, 6) is -1.69. The molecule has 0 saturated heterocycles. The zero-order valence-corrected chi connectivity index (χ0v) is 11.2. The predicted octanol–water partition coefficient (Wildman–Crippen LogP) is 3.89. The molecule has 2 N–H and O–H groups in total. The maximum absolute atomic E-state index is 13.3. The van der Waals surface area contributed by atoms with Crippen LogP contribution in [0.25, 0.3) is 0 Å². The molecular weight excluding hydrogens is 256 g/mol. The lowest BCUT2D eigenvalue weighted by atomic mass is 9.88. The van der Waals surface area contributed by atoms with E-state index in [2.05, 4.69) is 12.1 Å². The van der Waals surface area contributed by atoms with Gasteiger partial charge in [-0.1, -0.05) is 24.3 Å². The van der Waals surface area contributed by atoms with Crippen molar-refractivity contribution in [1.29, 1.82) is 0 Å². The normalized spacial score (nSPS) is 15.8. The molecule has 0 heterocycles. The van der Waals surface area contributed by atoms with E-state index in [1.165, 1.54) is 30.0 Å². The highest BCUT2D eigenvalue weighted by Crippen LogP contribution is 2.27. The third kappa shape index (κ3) is 2.46. The first-order chi connectivity index (χ1) is 9.65. The molecule has 1 nitrogen and oxygen atoms in total. The highest BCUT2D eigenvalue weighted by molar-refractivity contribution is 5.39. The van der Waals surface area contributed by atoms with Crippen LogP contribution in [-0.2, 0) is 12.8 Å². The molecule has 0 fully saturated rings. The van der Waals surface area contributed by atoms with Crippen LogP contribution in [0.3, 0.4) is 0 Å². The smallest absolute Gasteiger partial charge is 0.159 e. The Bertz CT molecular complexity index is 637. The molecular formula is C17H17F2N. The zero-order valence-electron chi connectivity index (χ0n) is 11.2. The summed E-state index contributed by atoms with van der Waals surface area (Å²) in [5, 5.41) is 0. The molecule has 0 aromatic heterocycles. The van der Waals surface area contributed by atoms with Gasteiger partial charge >= 0.3 is 0 Å². The molecule has 0 amide bonds. The van der Waals surface area contributed by atoms with Crippen LogP contribution in [0.5, 0.6) is 0 Å². The Morgan fingerprint density at radius 3 is 2.20 bits per heavy atom. The van der Waals surface area contributed by atoms with Gasteiger partial charge in [-0.25, -0.2) is 8.78 Å². The van der Waals surface area contributed by atoms with E-state index in [4.69, 9.17) is 5.73 Å². The molecule has 1 atom stereocenters. The molecule has 0 bridgehead atoms. The Labute approximate surface area is 117 Å². The van der Waals surface area contributed by atoms with Crippen molar-refractivity contribution in [1.82, 2.24) is 0 Å². The minimum absolute atomic E-state index is 0.419. The summed E-state index contributed by atoms with van der Waals surface area (Å²) < 4.78 is 26.3. The van der Waals surface area contributed by atoms with Crippen LogP contribution in [0, 0.1) is 11.6 Å². The third-order valence-electron chi connectivity index (χ3n) is 4.03. The van der Waals surface area contributed by atoms with Crippen molar-refractivity contribution in [3.8, 4) is 0 Å². The van der Waals surface area contributed by atoms with Crippen molar-refractivity contribution >= 4 is 0 Å². The van der Waals surface area contributed by atoms with Gasteiger partial charge in [0, 0.05) is 0 Å². The first-order valence-electron chi connectivity index (χ1n) is 6.97. The van der Waals surface area contributed by atoms with Gasteiger partial charge < -0.3 is 5.73 Å². The minimum Gasteiger partial charge on any atom is -0.320 e. The van der Waals surface area contributed by atoms with Crippen LogP contribution in [0.15, 0.2) is 36.4 Å². The molecule has 1 aliphatic rings. The lowest BCUT2D eigenvalue weighted by Gasteiger charge is -2.19. The van der Waals surface area contributed by atoms with E-state index in [0.717, 1.165) is 24.5 Å². The van der Waals surface area contributed by atoms with Crippen molar-refractivity contribution in [2.45, 2.75) is 31.7 Å². The van der Waals surface area contributed by atoms with Crippen LogP contribution in [0.2, 0.25) is 0 Å². The molecule has 2 aromatic carbocycles. The maximum atomic E-state index is 13.3. The number of fused-ring (bicyclic) bond motifs is 1. The zero-order chi connectivity index (χ0) is 14.1. The monoisotopic (exact) mass is 273 g/mol. The van der Waals surface area contributed by atoms with Gasteiger partial charge in [0.1, 0.15) is 0 Å². The molecule has 0 spiro atoms. The first kappa shape index (κ1) is 13.3. The topological polar surface area (TPSA) is 26.0 Å². The Hall–Kier alpha value is -1.74. The van der Waals surface area contributed by atoms with E-state index in [1.807, 2.05) is 6.07 Å². The second-order valence-electron chi connectivity index (χ2n) is 5.39. The summed E-state index contributed by atoms with van der Waals surface area (Å²) in [6.45, 7) is 0. The van der Waals surface area contributed by atoms with Gasteiger partial charge in [-0.2, -0.15) is 0 Å². The standard InChI is InChI=1S/C17H17F2N/c18-15-8-7-14(10-16(15)19)17(20)13-6-5-11-3-1-2-4-12(11)9-13/h5-10,17H,1-4,20H2. The molecule has 20 heavy (non-hydrogen) atoms. The first-order valence-corrected chi connectivity index (χ1v) is 6.97. The lowest BCUT2D eigenvalue weighted by molar-refractivity contribution is 0.506. The minimum atomic E-state index is -0.851. The summed E-state index contributed by atoms with van der Waals surface area (Å²) in [4.78, 5) is 0. The van der Waals surface area contributed by atoms with Crippen LogP contribution < -0.4 is 5.73 Å². The fraction of sp³-hybridized carbons (Fsp3) is 0.294. The average Bonchev–Trinajstić information content (AvgIpc) is 2.49. The Morgan fingerprint density at radius 1 is 0.800 bits per heavy atom. The van der Waals surface area contributed by atoms with Crippen LogP contribution in [-0.4, -0.2) is 0 Å². The van der Waals surface area contributed by atoms with Gasteiger partial charge in [-0.05, 0) is 60.1 Å². The second-order valence-corrected chi connectivity index (χ2v) is 5.39. The Morgan fingerprint density at radius 2 is 1.45 bits per heavy atom. The van der Waals surface area contributed by atoms with E-state index in [0.29, 0.717) is 5.56 Å². The van der Waals surface area contributed by atoms with Gasteiger partial charge in [-0.15, -0.1) is 0 Å².